The van der Waals surface area contributed by atoms with E-state index in [1.165, 1.54) is 18.6 Å². The van der Waals surface area contributed by atoms with Crippen molar-refractivity contribution in [1.29, 1.82) is 0 Å². The number of ether oxygens (including phenoxy) is 1. The molecule has 5 nitrogen and oxygen atoms in total. The minimum Gasteiger partial charge on any atom is -0.375 e. The highest BCUT2D eigenvalue weighted by Gasteiger charge is 2.23. The van der Waals surface area contributed by atoms with Crippen LogP contribution < -0.4 is 10.2 Å². The summed E-state index contributed by atoms with van der Waals surface area (Å²) in [6.07, 6.45) is 3.52. The van der Waals surface area contributed by atoms with E-state index >= 15 is 0 Å². The van der Waals surface area contributed by atoms with Crippen molar-refractivity contribution in [3.05, 3.63) is 24.0 Å². The maximum atomic E-state index is 13.7. The van der Waals surface area contributed by atoms with Crippen molar-refractivity contribution in [3.63, 3.8) is 0 Å². The zero-order valence-electron chi connectivity index (χ0n) is 13.6. The fourth-order valence-corrected chi connectivity index (χ4v) is 3.22. The average Bonchev–Trinajstić information content (AvgIpc) is 2.56. The van der Waals surface area contributed by atoms with E-state index in [1.807, 2.05) is 6.92 Å². The van der Waals surface area contributed by atoms with Crippen LogP contribution in [0.2, 0.25) is 0 Å². The Bertz CT molecular complexity index is 561. The van der Waals surface area contributed by atoms with Gasteiger partial charge in [0.1, 0.15) is 5.82 Å². The molecule has 2 heterocycles. The summed E-state index contributed by atoms with van der Waals surface area (Å²) < 4.78 is 19.1. The van der Waals surface area contributed by atoms with Gasteiger partial charge in [-0.25, -0.2) is 9.18 Å². The number of halogens is 1. The van der Waals surface area contributed by atoms with E-state index in [2.05, 4.69) is 10.2 Å². The van der Waals surface area contributed by atoms with Crippen molar-refractivity contribution in [2.45, 2.75) is 32.3 Å². The maximum Gasteiger partial charge on any atom is 0.322 e. The Balaban J connectivity index is 1.75. The Morgan fingerprint density at radius 3 is 2.78 bits per heavy atom. The van der Waals surface area contributed by atoms with E-state index in [-0.39, 0.29) is 18.0 Å². The minimum absolute atomic E-state index is 0.0311. The first-order chi connectivity index (χ1) is 11.1. The Labute approximate surface area is 136 Å². The number of anilines is 2. The number of hydrogen-bond acceptors (Lipinski definition) is 3. The van der Waals surface area contributed by atoms with Crippen molar-refractivity contribution >= 4 is 17.4 Å². The zero-order chi connectivity index (χ0) is 16.2. The van der Waals surface area contributed by atoms with Gasteiger partial charge in [0.25, 0.3) is 0 Å². The molecule has 1 aromatic carbocycles. The third kappa shape index (κ3) is 3.93. The van der Waals surface area contributed by atoms with Gasteiger partial charge in [-0.1, -0.05) is 0 Å². The summed E-state index contributed by atoms with van der Waals surface area (Å²) in [6.45, 7) is 5.49. The lowest BCUT2D eigenvalue weighted by molar-refractivity contribution is -0.00138. The van der Waals surface area contributed by atoms with Crippen LogP contribution in [0, 0.1) is 5.82 Å². The maximum absolute atomic E-state index is 13.7. The second-order valence-corrected chi connectivity index (χ2v) is 6.27. The third-order valence-corrected chi connectivity index (χ3v) is 4.43. The molecule has 0 aromatic heterocycles. The van der Waals surface area contributed by atoms with Gasteiger partial charge in [-0.15, -0.1) is 0 Å². The Morgan fingerprint density at radius 1 is 1.26 bits per heavy atom. The molecule has 23 heavy (non-hydrogen) atoms. The molecule has 3 rings (SSSR count). The van der Waals surface area contributed by atoms with Crippen molar-refractivity contribution in [1.82, 2.24) is 4.90 Å². The second-order valence-electron chi connectivity index (χ2n) is 6.27. The number of carbonyl (C=O) groups excluding carboxylic acids is 1. The number of benzene rings is 1. The Morgan fingerprint density at radius 2 is 2.04 bits per heavy atom. The fourth-order valence-electron chi connectivity index (χ4n) is 3.22. The monoisotopic (exact) mass is 321 g/mol. The molecule has 6 heteroatoms. The average molecular weight is 321 g/mol. The molecule has 2 fully saturated rings. The van der Waals surface area contributed by atoms with E-state index in [9.17, 15) is 9.18 Å². The van der Waals surface area contributed by atoms with Crippen molar-refractivity contribution in [3.8, 4) is 0 Å². The summed E-state index contributed by atoms with van der Waals surface area (Å²) >= 11 is 0. The molecular weight excluding hydrogens is 297 g/mol. The van der Waals surface area contributed by atoms with Crippen LogP contribution in [0.4, 0.5) is 20.6 Å². The lowest BCUT2D eigenvalue weighted by Crippen LogP contribution is -2.46. The van der Waals surface area contributed by atoms with Crippen LogP contribution in [0.1, 0.15) is 26.2 Å². The molecule has 0 radical (unpaired) electrons. The first-order valence-corrected chi connectivity index (χ1v) is 8.35. The first-order valence-electron chi connectivity index (χ1n) is 8.35. The molecule has 2 aliphatic heterocycles. The predicted octanol–water partition coefficient (Wildman–Crippen LogP) is 3.07. The molecule has 0 spiro atoms. The summed E-state index contributed by atoms with van der Waals surface area (Å²) in [4.78, 5) is 16.4. The summed E-state index contributed by atoms with van der Waals surface area (Å²) in [5.41, 5.74) is 1.46. The highest BCUT2D eigenvalue weighted by Crippen LogP contribution is 2.29. The van der Waals surface area contributed by atoms with E-state index in [0.29, 0.717) is 25.4 Å². The van der Waals surface area contributed by atoms with Gasteiger partial charge in [0.05, 0.1) is 24.1 Å². The number of morpholine rings is 1. The van der Waals surface area contributed by atoms with Gasteiger partial charge in [0, 0.05) is 26.2 Å². The van der Waals surface area contributed by atoms with Gasteiger partial charge < -0.3 is 19.9 Å². The van der Waals surface area contributed by atoms with Crippen molar-refractivity contribution in [2.24, 2.45) is 0 Å². The summed E-state index contributed by atoms with van der Waals surface area (Å²) in [6, 6.07) is 4.43. The predicted molar refractivity (Wildman–Crippen MR) is 88.5 cm³/mol. The van der Waals surface area contributed by atoms with Crippen molar-refractivity contribution < 1.29 is 13.9 Å². The molecule has 0 bridgehead atoms. The molecule has 1 atom stereocenters. The topological polar surface area (TPSA) is 44.8 Å². The molecule has 0 saturated carbocycles. The van der Waals surface area contributed by atoms with Gasteiger partial charge in [0.2, 0.25) is 0 Å². The van der Waals surface area contributed by atoms with Crippen LogP contribution in [0.3, 0.4) is 0 Å². The molecule has 2 saturated heterocycles. The van der Waals surface area contributed by atoms with Crippen LogP contribution >= 0.6 is 0 Å². The quantitative estimate of drug-likeness (QED) is 0.910. The van der Waals surface area contributed by atoms with Gasteiger partial charge in [0.15, 0.2) is 0 Å². The van der Waals surface area contributed by atoms with E-state index in [4.69, 9.17) is 4.74 Å². The summed E-state index contributed by atoms with van der Waals surface area (Å²) in [5.74, 6) is -0.337. The van der Waals surface area contributed by atoms with Gasteiger partial charge in [-0.05, 0) is 44.4 Å². The second kappa shape index (κ2) is 7.17. The molecule has 2 amide bonds. The normalized spacial score (nSPS) is 22.1. The minimum atomic E-state index is -0.337. The number of urea groups is 1. The van der Waals surface area contributed by atoms with Crippen LogP contribution in [-0.2, 0) is 4.74 Å². The van der Waals surface area contributed by atoms with Gasteiger partial charge in [-0.3, -0.25) is 0 Å². The number of nitrogens with zero attached hydrogens (tertiary/aromatic N) is 2. The van der Waals surface area contributed by atoms with E-state index in [0.717, 1.165) is 31.6 Å². The molecule has 1 aromatic rings. The number of piperidine rings is 1. The van der Waals surface area contributed by atoms with Crippen LogP contribution in [-0.4, -0.2) is 49.8 Å². The Kier molecular flexibility index (Phi) is 5.00. The standard InChI is InChI=1S/C17H24FN3O2/c1-13-12-21(9-10-23-13)17(22)19-15-11-14(18)5-6-16(15)20-7-3-2-4-8-20/h5-6,11,13H,2-4,7-10,12H2,1H3,(H,19,22). The zero-order valence-corrected chi connectivity index (χ0v) is 13.6. The number of hydrogen-bond donors (Lipinski definition) is 1. The number of amides is 2. The largest absolute Gasteiger partial charge is 0.375 e. The molecule has 1 N–H and O–H groups in total. The fraction of sp³-hybridized carbons (Fsp3) is 0.588. The van der Waals surface area contributed by atoms with Crippen molar-refractivity contribution in [2.75, 3.05) is 43.0 Å². The Hall–Kier alpha value is -1.82. The SMILES string of the molecule is CC1CN(C(=O)Nc2cc(F)ccc2N2CCCCC2)CCO1. The van der Waals surface area contributed by atoms with Crippen LogP contribution in [0.15, 0.2) is 18.2 Å². The van der Waals surface area contributed by atoms with Crippen LogP contribution in [0.5, 0.6) is 0 Å². The van der Waals surface area contributed by atoms with Crippen LogP contribution in [0.25, 0.3) is 0 Å². The number of carbonyl (C=O) groups is 1. The highest BCUT2D eigenvalue weighted by molar-refractivity contribution is 5.93. The lowest BCUT2D eigenvalue weighted by atomic mass is 10.1. The molecule has 2 aliphatic rings. The summed E-state index contributed by atoms with van der Waals surface area (Å²) in [7, 11) is 0. The molecule has 0 aliphatic carbocycles. The smallest absolute Gasteiger partial charge is 0.322 e. The van der Waals surface area contributed by atoms with E-state index < -0.39 is 0 Å². The van der Waals surface area contributed by atoms with E-state index in [1.54, 1.807) is 11.0 Å². The number of nitrogens with one attached hydrogen (secondary N) is 1. The highest BCUT2D eigenvalue weighted by atomic mass is 19.1. The molecule has 1 unspecified atom stereocenters. The molecule has 126 valence electrons. The van der Waals surface area contributed by atoms with Gasteiger partial charge in [-0.2, -0.15) is 0 Å². The summed E-state index contributed by atoms with van der Waals surface area (Å²) in [5, 5.41) is 2.89. The lowest BCUT2D eigenvalue weighted by Gasteiger charge is -2.33. The molecular formula is C17H24FN3O2. The van der Waals surface area contributed by atoms with Gasteiger partial charge >= 0.3 is 6.03 Å². The first kappa shape index (κ1) is 16.1. The third-order valence-electron chi connectivity index (χ3n) is 4.43. The number of rotatable bonds is 2.